The largest absolute Gasteiger partial charge is 0.497 e. The summed E-state index contributed by atoms with van der Waals surface area (Å²) < 4.78 is 61.6. The second-order valence-electron chi connectivity index (χ2n) is 6.90. The summed E-state index contributed by atoms with van der Waals surface area (Å²) in [5.74, 6) is 0.637. The summed E-state index contributed by atoms with van der Waals surface area (Å²) in [7, 11) is -2.22. The normalized spacial score (nSPS) is 12.3. The fourth-order valence-corrected chi connectivity index (χ4v) is 4.62. The van der Waals surface area contributed by atoms with Crippen molar-refractivity contribution in [2.24, 2.45) is 0 Å². The van der Waals surface area contributed by atoms with Crippen molar-refractivity contribution in [1.29, 1.82) is 0 Å². The Morgan fingerprint density at radius 1 is 0.900 bits per heavy atom. The standard InChI is InChI=1S/C20H28N2O6S2/c1-5-29(23,24)22(14-13-21(2)3)16-17-7-6-8-19(15-17)28-30(25,26)20-11-9-18(27-4)10-12-20/h6-12,15H,5,13-14,16H2,1-4H3. The van der Waals surface area contributed by atoms with Crippen molar-refractivity contribution >= 4 is 20.1 Å². The molecule has 0 aliphatic rings. The van der Waals surface area contributed by atoms with Crippen LogP contribution in [0.1, 0.15) is 12.5 Å². The number of benzene rings is 2. The third kappa shape index (κ3) is 6.69. The molecule has 0 spiro atoms. The molecule has 0 unspecified atom stereocenters. The predicted molar refractivity (Wildman–Crippen MR) is 116 cm³/mol. The van der Waals surface area contributed by atoms with Gasteiger partial charge in [0.05, 0.1) is 12.9 Å². The lowest BCUT2D eigenvalue weighted by Gasteiger charge is -2.23. The van der Waals surface area contributed by atoms with E-state index in [4.69, 9.17) is 8.92 Å². The smallest absolute Gasteiger partial charge is 0.339 e. The van der Waals surface area contributed by atoms with Crippen LogP contribution < -0.4 is 8.92 Å². The van der Waals surface area contributed by atoms with Gasteiger partial charge in [0.25, 0.3) is 0 Å². The average Bonchev–Trinajstić information content (AvgIpc) is 2.70. The van der Waals surface area contributed by atoms with Crippen LogP contribution in [0.4, 0.5) is 0 Å². The zero-order valence-corrected chi connectivity index (χ0v) is 19.2. The summed E-state index contributed by atoms with van der Waals surface area (Å²) in [5.41, 5.74) is 0.633. The number of likely N-dealkylation sites (N-methyl/N-ethyl adjacent to an activating group) is 1. The van der Waals surface area contributed by atoms with Crippen molar-refractivity contribution in [3.05, 3.63) is 54.1 Å². The molecule has 2 aromatic rings. The van der Waals surface area contributed by atoms with Crippen LogP contribution in [0.5, 0.6) is 11.5 Å². The van der Waals surface area contributed by atoms with Crippen molar-refractivity contribution < 1.29 is 25.8 Å². The van der Waals surface area contributed by atoms with Gasteiger partial charge in [0, 0.05) is 19.6 Å². The van der Waals surface area contributed by atoms with Gasteiger partial charge in [-0.15, -0.1) is 0 Å². The van der Waals surface area contributed by atoms with Crippen molar-refractivity contribution in [1.82, 2.24) is 9.21 Å². The monoisotopic (exact) mass is 456 g/mol. The highest BCUT2D eigenvalue weighted by Gasteiger charge is 2.21. The van der Waals surface area contributed by atoms with E-state index in [-0.39, 0.29) is 22.9 Å². The first kappa shape index (κ1) is 24.1. The van der Waals surface area contributed by atoms with Gasteiger partial charge in [0.2, 0.25) is 10.0 Å². The van der Waals surface area contributed by atoms with Gasteiger partial charge in [-0.2, -0.15) is 12.7 Å². The fraction of sp³-hybridized carbons (Fsp3) is 0.400. The molecular weight excluding hydrogens is 428 g/mol. The number of hydrogen-bond donors (Lipinski definition) is 0. The summed E-state index contributed by atoms with van der Waals surface area (Å²) >= 11 is 0. The molecule has 0 saturated carbocycles. The molecule has 8 nitrogen and oxygen atoms in total. The molecule has 0 heterocycles. The van der Waals surface area contributed by atoms with Crippen molar-refractivity contribution in [2.75, 3.05) is 40.0 Å². The first-order valence-electron chi connectivity index (χ1n) is 9.37. The molecule has 0 aromatic heterocycles. The van der Waals surface area contributed by atoms with E-state index >= 15 is 0 Å². The molecular formula is C20H28N2O6S2. The first-order valence-corrected chi connectivity index (χ1v) is 12.4. The van der Waals surface area contributed by atoms with Gasteiger partial charge < -0.3 is 13.8 Å². The van der Waals surface area contributed by atoms with E-state index in [1.54, 1.807) is 19.1 Å². The highest BCUT2D eigenvalue weighted by molar-refractivity contribution is 7.89. The summed E-state index contributed by atoms with van der Waals surface area (Å²) in [5, 5.41) is 0. The molecule has 0 aliphatic heterocycles. The second kappa shape index (κ2) is 10.3. The summed E-state index contributed by atoms with van der Waals surface area (Å²) in [6.45, 7) is 2.63. The van der Waals surface area contributed by atoms with E-state index in [1.165, 1.54) is 47.8 Å². The SMILES string of the molecule is CCS(=O)(=O)N(CCN(C)C)Cc1cccc(OS(=O)(=O)c2ccc(OC)cc2)c1. The Hall–Kier alpha value is -2.14. The Balaban J connectivity index is 2.21. The number of ether oxygens (including phenoxy) is 1. The number of hydrogen-bond acceptors (Lipinski definition) is 7. The van der Waals surface area contributed by atoms with E-state index in [0.29, 0.717) is 24.4 Å². The molecule has 0 bridgehead atoms. The maximum absolute atomic E-state index is 12.5. The molecule has 0 atom stereocenters. The van der Waals surface area contributed by atoms with Crippen LogP contribution in [0.3, 0.4) is 0 Å². The van der Waals surface area contributed by atoms with Crippen LogP contribution >= 0.6 is 0 Å². The number of rotatable bonds is 11. The van der Waals surface area contributed by atoms with Crippen molar-refractivity contribution in [2.45, 2.75) is 18.4 Å². The Labute approximate surface area is 179 Å². The molecule has 2 rings (SSSR count). The van der Waals surface area contributed by atoms with Crippen LogP contribution in [0.2, 0.25) is 0 Å². The molecule has 30 heavy (non-hydrogen) atoms. The summed E-state index contributed by atoms with van der Waals surface area (Å²) in [4.78, 5) is 1.90. The Bertz CT molecular complexity index is 1040. The Morgan fingerprint density at radius 3 is 2.13 bits per heavy atom. The Kier molecular flexibility index (Phi) is 8.25. The van der Waals surface area contributed by atoms with E-state index in [0.717, 1.165) is 0 Å². The summed E-state index contributed by atoms with van der Waals surface area (Å²) in [6.07, 6.45) is 0. The van der Waals surface area contributed by atoms with E-state index in [1.807, 2.05) is 19.0 Å². The fourth-order valence-electron chi connectivity index (χ4n) is 2.63. The van der Waals surface area contributed by atoms with Crippen LogP contribution in [-0.4, -0.2) is 66.1 Å². The minimum Gasteiger partial charge on any atom is -0.497 e. The van der Waals surface area contributed by atoms with Gasteiger partial charge in [0.1, 0.15) is 16.4 Å². The van der Waals surface area contributed by atoms with Gasteiger partial charge in [-0.25, -0.2) is 8.42 Å². The maximum Gasteiger partial charge on any atom is 0.339 e. The topological polar surface area (TPSA) is 93.2 Å². The van der Waals surface area contributed by atoms with E-state index < -0.39 is 20.1 Å². The first-order chi connectivity index (χ1) is 14.1. The quantitative estimate of drug-likeness (QED) is 0.479. The maximum atomic E-state index is 12.5. The summed E-state index contributed by atoms with van der Waals surface area (Å²) in [6, 6.07) is 12.3. The number of nitrogens with zero attached hydrogens (tertiary/aromatic N) is 2. The lowest BCUT2D eigenvalue weighted by Crippen LogP contribution is -2.37. The molecule has 166 valence electrons. The zero-order valence-electron chi connectivity index (χ0n) is 17.6. The number of sulfonamides is 1. The van der Waals surface area contributed by atoms with Crippen molar-refractivity contribution in [3.8, 4) is 11.5 Å². The van der Waals surface area contributed by atoms with Gasteiger partial charge >= 0.3 is 10.1 Å². The van der Waals surface area contributed by atoms with Gasteiger partial charge in [-0.3, -0.25) is 0 Å². The molecule has 0 saturated heterocycles. The van der Waals surface area contributed by atoms with E-state index in [9.17, 15) is 16.8 Å². The molecule has 0 N–H and O–H groups in total. The van der Waals surface area contributed by atoms with Gasteiger partial charge in [-0.05, 0) is 63.0 Å². The molecule has 0 aliphatic carbocycles. The number of methoxy groups -OCH3 is 1. The minimum absolute atomic E-state index is 0.00475. The lowest BCUT2D eigenvalue weighted by molar-refractivity contribution is 0.329. The van der Waals surface area contributed by atoms with E-state index in [2.05, 4.69) is 0 Å². The van der Waals surface area contributed by atoms with Gasteiger partial charge in [0.15, 0.2) is 0 Å². The molecule has 2 aromatic carbocycles. The third-order valence-electron chi connectivity index (χ3n) is 4.37. The van der Waals surface area contributed by atoms with Crippen LogP contribution in [0, 0.1) is 0 Å². The van der Waals surface area contributed by atoms with Crippen LogP contribution in [0.25, 0.3) is 0 Å². The highest BCUT2D eigenvalue weighted by atomic mass is 32.2. The molecule has 10 heteroatoms. The highest BCUT2D eigenvalue weighted by Crippen LogP contribution is 2.22. The zero-order chi connectivity index (χ0) is 22.4. The second-order valence-corrected chi connectivity index (χ2v) is 10.7. The predicted octanol–water partition coefficient (Wildman–Crippen LogP) is 2.18. The van der Waals surface area contributed by atoms with Crippen LogP contribution in [0.15, 0.2) is 53.4 Å². The third-order valence-corrected chi connectivity index (χ3v) is 7.46. The minimum atomic E-state index is -4.03. The molecule has 0 radical (unpaired) electrons. The molecule has 0 amide bonds. The average molecular weight is 457 g/mol. The Morgan fingerprint density at radius 2 is 1.57 bits per heavy atom. The molecule has 0 fully saturated rings. The van der Waals surface area contributed by atoms with Gasteiger partial charge in [-0.1, -0.05) is 12.1 Å². The lowest BCUT2D eigenvalue weighted by atomic mass is 10.2. The van der Waals surface area contributed by atoms with Crippen molar-refractivity contribution in [3.63, 3.8) is 0 Å². The van der Waals surface area contributed by atoms with Crippen LogP contribution in [-0.2, 0) is 26.7 Å².